The van der Waals surface area contributed by atoms with Crippen LogP contribution in [0.3, 0.4) is 0 Å². The zero-order chi connectivity index (χ0) is 11.3. The Kier molecular flexibility index (Phi) is 4.17. The van der Waals surface area contributed by atoms with E-state index in [1.165, 1.54) is 12.1 Å². The van der Waals surface area contributed by atoms with Crippen molar-refractivity contribution in [3.05, 3.63) is 35.4 Å². The highest BCUT2D eigenvalue weighted by molar-refractivity contribution is 5.75. The highest BCUT2D eigenvalue weighted by Gasteiger charge is 2.05. The summed E-state index contributed by atoms with van der Waals surface area (Å²) in [5.74, 6) is -0.445. The highest BCUT2D eigenvalue weighted by Crippen LogP contribution is 2.18. The molecular formula is C10H12F2N2O. The first-order valence-electron chi connectivity index (χ1n) is 4.45. The third-order valence-corrected chi connectivity index (χ3v) is 1.86. The molecule has 0 radical (unpaired) electrons. The molecular weight excluding hydrogens is 202 g/mol. The van der Waals surface area contributed by atoms with Gasteiger partial charge < -0.3 is 11.1 Å². The summed E-state index contributed by atoms with van der Waals surface area (Å²) in [4.78, 5) is 10.4. The molecule has 1 rings (SSSR count). The van der Waals surface area contributed by atoms with Gasteiger partial charge in [-0.2, -0.15) is 0 Å². The first-order valence-corrected chi connectivity index (χ1v) is 4.45. The maximum absolute atomic E-state index is 12.2. The predicted molar refractivity (Wildman–Crippen MR) is 52.3 cm³/mol. The van der Waals surface area contributed by atoms with Crippen molar-refractivity contribution in [3.63, 3.8) is 0 Å². The number of carbonyl (C=O) groups is 1. The summed E-state index contributed by atoms with van der Waals surface area (Å²) >= 11 is 0. The van der Waals surface area contributed by atoms with Gasteiger partial charge in [0.1, 0.15) is 0 Å². The number of halogens is 2. The van der Waals surface area contributed by atoms with Crippen molar-refractivity contribution in [2.75, 3.05) is 6.54 Å². The number of hydrogen-bond donors (Lipinski definition) is 2. The lowest BCUT2D eigenvalue weighted by molar-refractivity contribution is -0.117. The molecule has 0 unspecified atom stereocenters. The quantitative estimate of drug-likeness (QED) is 0.773. The largest absolute Gasteiger partial charge is 0.369 e. The molecule has 3 N–H and O–H groups in total. The summed E-state index contributed by atoms with van der Waals surface area (Å²) in [6.45, 7) is 0.517. The van der Waals surface area contributed by atoms with Crippen LogP contribution in [-0.2, 0) is 11.3 Å². The molecule has 0 fully saturated rings. The fourth-order valence-corrected chi connectivity index (χ4v) is 1.11. The fourth-order valence-electron chi connectivity index (χ4n) is 1.11. The average molecular weight is 214 g/mol. The zero-order valence-corrected chi connectivity index (χ0v) is 8.04. The normalized spacial score (nSPS) is 10.6. The summed E-state index contributed by atoms with van der Waals surface area (Å²) in [5, 5.41) is 2.79. The Labute approximate surface area is 86.3 Å². The Hall–Kier alpha value is -1.49. The van der Waals surface area contributed by atoms with Crippen LogP contribution in [-0.4, -0.2) is 12.5 Å². The Morgan fingerprint density at radius 1 is 1.33 bits per heavy atom. The van der Waals surface area contributed by atoms with Gasteiger partial charge in [0.2, 0.25) is 5.91 Å². The topological polar surface area (TPSA) is 55.1 Å². The maximum Gasteiger partial charge on any atom is 0.263 e. The highest BCUT2D eigenvalue weighted by atomic mass is 19.3. The molecule has 1 amide bonds. The molecule has 1 aromatic carbocycles. The van der Waals surface area contributed by atoms with Gasteiger partial charge in [0.25, 0.3) is 6.43 Å². The van der Waals surface area contributed by atoms with Gasteiger partial charge in [-0.05, 0) is 5.56 Å². The van der Waals surface area contributed by atoms with Gasteiger partial charge >= 0.3 is 0 Å². The minimum Gasteiger partial charge on any atom is -0.369 e. The van der Waals surface area contributed by atoms with Crippen molar-refractivity contribution < 1.29 is 13.6 Å². The third kappa shape index (κ3) is 4.03. The van der Waals surface area contributed by atoms with E-state index in [9.17, 15) is 13.6 Å². The molecule has 0 heterocycles. The molecule has 5 heteroatoms. The van der Waals surface area contributed by atoms with E-state index in [4.69, 9.17) is 5.73 Å². The lowest BCUT2D eigenvalue weighted by atomic mass is 10.1. The second kappa shape index (κ2) is 5.41. The van der Waals surface area contributed by atoms with Gasteiger partial charge in [-0.25, -0.2) is 8.78 Å². The Balaban J connectivity index is 2.46. The van der Waals surface area contributed by atoms with Crippen molar-refractivity contribution in [1.29, 1.82) is 0 Å². The Morgan fingerprint density at radius 3 is 2.40 bits per heavy atom. The van der Waals surface area contributed by atoms with Crippen molar-refractivity contribution in [1.82, 2.24) is 5.32 Å². The van der Waals surface area contributed by atoms with E-state index in [-0.39, 0.29) is 12.1 Å². The predicted octanol–water partition coefficient (Wildman–Crippen LogP) is 1.20. The van der Waals surface area contributed by atoms with E-state index >= 15 is 0 Å². The van der Waals surface area contributed by atoms with Gasteiger partial charge in [-0.1, -0.05) is 24.3 Å². The minimum absolute atomic E-state index is 0.00588. The van der Waals surface area contributed by atoms with Gasteiger partial charge in [0, 0.05) is 12.1 Å². The molecule has 0 saturated heterocycles. The molecule has 0 spiro atoms. The number of nitrogens with one attached hydrogen (secondary N) is 1. The van der Waals surface area contributed by atoms with Crippen LogP contribution in [0.5, 0.6) is 0 Å². The summed E-state index contributed by atoms with van der Waals surface area (Å²) in [5.41, 5.74) is 5.75. The number of amides is 1. The number of carbonyl (C=O) groups excluding carboxylic acids is 1. The van der Waals surface area contributed by atoms with Crippen LogP contribution < -0.4 is 11.1 Å². The second-order valence-corrected chi connectivity index (χ2v) is 3.11. The number of rotatable bonds is 5. The zero-order valence-electron chi connectivity index (χ0n) is 8.04. The van der Waals surface area contributed by atoms with E-state index in [1.54, 1.807) is 12.1 Å². The van der Waals surface area contributed by atoms with E-state index < -0.39 is 12.3 Å². The van der Waals surface area contributed by atoms with Gasteiger partial charge in [-0.3, -0.25) is 4.79 Å². The molecule has 15 heavy (non-hydrogen) atoms. The number of hydrogen-bond acceptors (Lipinski definition) is 2. The molecule has 1 aromatic rings. The molecule has 0 aromatic heterocycles. The molecule has 82 valence electrons. The second-order valence-electron chi connectivity index (χ2n) is 3.11. The third-order valence-electron chi connectivity index (χ3n) is 1.86. The van der Waals surface area contributed by atoms with Crippen LogP contribution in [0, 0.1) is 0 Å². The summed E-state index contributed by atoms with van der Waals surface area (Å²) in [7, 11) is 0. The monoisotopic (exact) mass is 214 g/mol. The molecule has 3 nitrogen and oxygen atoms in total. The molecule has 0 aliphatic carbocycles. The standard InChI is InChI=1S/C10H12F2N2O/c11-10(12)8-3-1-7(2-4-8)5-14-6-9(13)15/h1-4,10,14H,5-6H2,(H2,13,15). The first kappa shape index (κ1) is 11.6. The SMILES string of the molecule is NC(=O)CNCc1ccc(C(F)F)cc1. The van der Waals surface area contributed by atoms with E-state index in [1.807, 2.05) is 0 Å². The van der Waals surface area contributed by atoms with Crippen LogP contribution >= 0.6 is 0 Å². The van der Waals surface area contributed by atoms with Crippen molar-refractivity contribution in [2.45, 2.75) is 13.0 Å². The van der Waals surface area contributed by atoms with Crippen LogP contribution in [0.2, 0.25) is 0 Å². The molecule has 0 aliphatic heterocycles. The number of nitrogens with two attached hydrogens (primary N) is 1. The summed E-state index contributed by atoms with van der Waals surface area (Å²) in [6.07, 6.45) is -2.45. The maximum atomic E-state index is 12.2. The summed E-state index contributed by atoms with van der Waals surface area (Å²) < 4.78 is 24.4. The number of alkyl halides is 2. The van der Waals surface area contributed by atoms with Gasteiger partial charge in [-0.15, -0.1) is 0 Å². The van der Waals surface area contributed by atoms with Crippen molar-refractivity contribution in [3.8, 4) is 0 Å². The van der Waals surface area contributed by atoms with Gasteiger partial charge in [0.15, 0.2) is 0 Å². The lowest BCUT2D eigenvalue weighted by Crippen LogP contribution is -2.28. The minimum atomic E-state index is -2.45. The number of benzene rings is 1. The average Bonchev–Trinajstić information content (AvgIpc) is 2.18. The fraction of sp³-hybridized carbons (Fsp3) is 0.300. The molecule has 0 atom stereocenters. The van der Waals surface area contributed by atoms with Crippen molar-refractivity contribution >= 4 is 5.91 Å². The van der Waals surface area contributed by atoms with E-state index in [0.717, 1.165) is 5.56 Å². The molecule has 0 bridgehead atoms. The van der Waals surface area contributed by atoms with Crippen LogP contribution in [0.4, 0.5) is 8.78 Å². The molecule has 0 saturated carbocycles. The number of primary amides is 1. The van der Waals surface area contributed by atoms with E-state index in [2.05, 4.69) is 5.32 Å². The Bertz CT molecular complexity index is 325. The smallest absolute Gasteiger partial charge is 0.263 e. The van der Waals surface area contributed by atoms with Crippen molar-refractivity contribution in [2.24, 2.45) is 5.73 Å². The summed E-state index contributed by atoms with van der Waals surface area (Å²) in [6, 6.07) is 5.92. The van der Waals surface area contributed by atoms with Crippen LogP contribution in [0.1, 0.15) is 17.6 Å². The van der Waals surface area contributed by atoms with Gasteiger partial charge in [0.05, 0.1) is 6.54 Å². The van der Waals surface area contributed by atoms with Crippen LogP contribution in [0.15, 0.2) is 24.3 Å². The van der Waals surface area contributed by atoms with E-state index in [0.29, 0.717) is 6.54 Å². The lowest BCUT2D eigenvalue weighted by Gasteiger charge is -2.04. The Morgan fingerprint density at radius 2 is 1.93 bits per heavy atom. The molecule has 0 aliphatic rings. The van der Waals surface area contributed by atoms with Crippen LogP contribution in [0.25, 0.3) is 0 Å². The first-order chi connectivity index (χ1) is 7.09.